The van der Waals surface area contributed by atoms with Crippen LogP contribution in [0.4, 0.5) is 5.69 Å². The molecule has 3 aromatic carbocycles. The number of benzene rings is 3. The number of phenolic OH excluding ortho intramolecular Hbond substituents is 1. The van der Waals surface area contributed by atoms with Crippen molar-refractivity contribution in [3.05, 3.63) is 98.3 Å². The SMILES string of the molecule is Cc1cc(Cl)ccc1C1c2c(nc(-c3cc(C(=O)NC(C)C)ccc3O)n2C(C)C)C(=O)N1c1cc(Cl)ccc1C. The van der Waals surface area contributed by atoms with E-state index >= 15 is 0 Å². The van der Waals surface area contributed by atoms with E-state index in [1.54, 1.807) is 29.2 Å². The number of anilines is 1. The molecule has 0 fully saturated rings. The third-order valence-electron chi connectivity index (χ3n) is 7.28. The van der Waals surface area contributed by atoms with Crippen molar-refractivity contribution in [1.82, 2.24) is 14.9 Å². The second kappa shape index (κ2) is 10.9. The standard InChI is InChI=1S/C32H32Cl2N4O3/c1-16(2)35-31(40)20-8-12-26(39)24(14-20)30-36-27-29(37(30)17(3)4)28(23-11-10-21(33)13-19(23)6)38(32(27)41)25-15-22(34)9-7-18(25)5/h7-17,28,39H,1-6H3,(H,35,40). The Morgan fingerprint density at radius 2 is 1.63 bits per heavy atom. The highest BCUT2D eigenvalue weighted by Gasteiger charge is 2.45. The number of nitrogens with zero attached hydrogens (tertiary/aromatic N) is 3. The number of aromatic nitrogens is 2. The summed E-state index contributed by atoms with van der Waals surface area (Å²) >= 11 is 12.7. The molecule has 5 rings (SSSR count). The van der Waals surface area contributed by atoms with Gasteiger partial charge >= 0.3 is 0 Å². The van der Waals surface area contributed by atoms with Crippen molar-refractivity contribution in [2.45, 2.75) is 59.7 Å². The summed E-state index contributed by atoms with van der Waals surface area (Å²) in [6, 6.07) is 15.1. The zero-order valence-electron chi connectivity index (χ0n) is 23.8. The molecule has 0 saturated carbocycles. The van der Waals surface area contributed by atoms with Crippen molar-refractivity contribution in [3.63, 3.8) is 0 Å². The van der Waals surface area contributed by atoms with Crippen molar-refractivity contribution in [2.75, 3.05) is 4.90 Å². The number of imidazole rings is 1. The van der Waals surface area contributed by atoms with E-state index in [9.17, 15) is 14.7 Å². The Labute approximate surface area is 249 Å². The number of halogens is 2. The van der Waals surface area contributed by atoms with Crippen LogP contribution in [0.15, 0.2) is 54.6 Å². The van der Waals surface area contributed by atoms with Crippen LogP contribution in [0, 0.1) is 13.8 Å². The summed E-state index contributed by atoms with van der Waals surface area (Å²) in [5.74, 6) is -0.164. The molecule has 7 nitrogen and oxygen atoms in total. The van der Waals surface area contributed by atoms with E-state index in [0.29, 0.717) is 38.4 Å². The van der Waals surface area contributed by atoms with Gasteiger partial charge in [-0.1, -0.05) is 35.3 Å². The van der Waals surface area contributed by atoms with Gasteiger partial charge in [0.25, 0.3) is 11.8 Å². The second-order valence-corrected chi connectivity index (χ2v) is 11.9. The zero-order valence-corrected chi connectivity index (χ0v) is 25.3. The smallest absolute Gasteiger partial charge is 0.279 e. The lowest BCUT2D eigenvalue weighted by atomic mass is 9.97. The number of hydrogen-bond acceptors (Lipinski definition) is 4. The number of nitrogens with one attached hydrogen (secondary N) is 1. The quantitative estimate of drug-likeness (QED) is 0.241. The number of carbonyl (C=O) groups excluding carboxylic acids is 2. The Bertz CT molecular complexity index is 1690. The third kappa shape index (κ3) is 5.09. The summed E-state index contributed by atoms with van der Waals surface area (Å²) < 4.78 is 1.98. The van der Waals surface area contributed by atoms with Crippen molar-refractivity contribution < 1.29 is 14.7 Å². The van der Waals surface area contributed by atoms with Gasteiger partial charge in [-0.15, -0.1) is 0 Å². The summed E-state index contributed by atoms with van der Waals surface area (Å²) in [5.41, 5.74) is 5.12. The lowest BCUT2D eigenvalue weighted by Crippen LogP contribution is -2.31. The Morgan fingerprint density at radius 1 is 0.951 bits per heavy atom. The molecule has 1 aromatic heterocycles. The summed E-state index contributed by atoms with van der Waals surface area (Å²) in [5, 5.41) is 15.0. The van der Waals surface area contributed by atoms with Crippen LogP contribution in [-0.2, 0) is 0 Å². The van der Waals surface area contributed by atoms with Crippen molar-refractivity contribution in [1.29, 1.82) is 0 Å². The molecule has 1 aliphatic heterocycles. The van der Waals surface area contributed by atoms with Gasteiger partial charge in [-0.05, 0) is 101 Å². The number of amides is 2. The molecule has 0 spiro atoms. The van der Waals surface area contributed by atoms with Crippen LogP contribution in [0.3, 0.4) is 0 Å². The molecule has 1 aliphatic rings. The molecular weight excluding hydrogens is 559 g/mol. The van der Waals surface area contributed by atoms with Crippen LogP contribution in [-0.4, -0.2) is 32.5 Å². The summed E-state index contributed by atoms with van der Waals surface area (Å²) in [7, 11) is 0. The van der Waals surface area contributed by atoms with Gasteiger partial charge in [0.2, 0.25) is 0 Å². The lowest BCUT2D eigenvalue weighted by Gasteiger charge is -2.30. The Morgan fingerprint density at radius 3 is 2.29 bits per heavy atom. The summed E-state index contributed by atoms with van der Waals surface area (Å²) in [6.07, 6.45) is 0. The summed E-state index contributed by atoms with van der Waals surface area (Å²) in [6.45, 7) is 11.7. The third-order valence-corrected chi connectivity index (χ3v) is 7.75. The Kier molecular flexibility index (Phi) is 7.62. The number of rotatable bonds is 6. The molecule has 2 N–H and O–H groups in total. The van der Waals surface area contributed by atoms with Gasteiger partial charge in [0.1, 0.15) is 17.6 Å². The first-order valence-corrected chi connectivity index (χ1v) is 14.3. The Hall–Kier alpha value is -3.81. The molecule has 1 atom stereocenters. The van der Waals surface area contributed by atoms with Crippen LogP contribution in [0.5, 0.6) is 5.75 Å². The fourth-order valence-electron chi connectivity index (χ4n) is 5.45. The van der Waals surface area contributed by atoms with Crippen molar-refractivity contribution in [2.24, 2.45) is 0 Å². The van der Waals surface area contributed by atoms with Crippen molar-refractivity contribution >= 4 is 40.7 Å². The molecule has 1 unspecified atom stereocenters. The van der Waals surface area contributed by atoms with Gasteiger partial charge < -0.3 is 15.0 Å². The highest BCUT2D eigenvalue weighted by Crippen LogP contribution is 2.47. The summed E-state index contributed by atoms with van der Waals surface area (Å²) in [4.78, 5) is 33.7. The van der Waals surface area contributed by atoms with E-state index in [1.165, 1.54) is 6.07 Å². The topological polar surface area (TPSA) is 87.5 Å². The van der Waals surface area contributed by atoms with E-state index in [2.05, 4.69) is 5.32 Å². The zero-order chi connectivity index (χ0) is 29.7. The molecule has 0 saturated heterocycles. The molecule has 0 bridgehead atoms. The van der Waals surface area contributed by atoms with Gasteiger partial charge in [-0.3, -0.25) is 14.5 Å². The van der Waals surface area contributed by atoms with Crippen LogP contribution >= 0.6 is 23.2 Å². The fraction of sp³-hybridized carbons (Fsp3) is 0.281. The first kappa shape index (κ1) is 28.7. The molecule has 2 heterocycles. The van der Waals surface area contributed by atoms with Crippen LogP contribution in [0.25, 0.3) is 11.4 Å². The molecule has 4 aromatic rings. The molecule has 9 heteroatoms. The highest BCUT2D eigenvalue weighted by molar-refractivity contribution is 6.31. The monoisotopic (exact) mass is 590 g/mol. The van der Waals surface area contributed by atoms with Gasteiger partial charge in [0.05, 0.1) is 11.3 Å². The minimum Gasteiger partial charge on any atom is -0.507 e. The molecule has 41 heavy (non-hydrogen) atoms. The fourth-order valence-corrected chi connectivity index (χ4v) is 5.85. The second-order valence-electron chi connectivity index (χ2n) is 11.0. The molecule has 2 amide bonds. The van der Waals surface area contributed by atoms with E-state index < -0.39 is 6.04 Å². The van der Waals surface area contributed by atoms with Crippen molar-refractivity contribution in [3.8, 4) is 17.1 Å². The van der Waals surface area contributed by atoms with Crippen LogP contribution in [0.2, 0.25) is 10.0 Å². The van der Waals surface area contributed by atoms with Gasteiger partial charge in [-0.25, -0.2) is 4.98 Å². The number of aryl methyl sites for hydroxylation is 2. The van der Waals surface area contributed by atoms with Gasteiger partial charge in [0, 0.05) is 33.4 Å². The minimum atomic E-state index is -0.537. The average molecular weight is 592 g/mol. The van der Waals surface area contributed by atoms with Gasteiger partial charge in [0.15, 0.2) is 5.69 Å². The van der Waals surface area contributed by atoms with E-state index in [0.717, 1.165) is 16.7 Å². The number of carbonyl (C=O) groups is 2. The number of fused-ring (bicyclic) bond motifs is 1. The van der Waals surface area contributed by atoms with E-state index in [4.69, 9.17) is 28.2 Å². The number of phenols is 1. The first-order chi connectivity index (χ1) is 19.4. The highest BCUT2D eigenvalue weighted by atomic mass is 35.5. The van der Waals surface area contributed by atoms with Crippen LogP contribution in [0.1, 0.15) is 83.0 Å². The maximum absolute atomic E-state index is 14.3. The predicted molar refractivity (Wildman–Crippen MR) is 163 cm³/mol. The Balaban J connectivity index is 1.78. The van der Waals surface area contributed by atoms with Gasteiger partial charge in [-0.2, -0.15) is 0 Å². The molecule has 0 radical (unpaired) electrons. The number of aromatic hydroxyl groups is 1. The average Bonchev–Trinajstić information content (AvgIpc) is 3.41. The molecular formula is C32H32Cl2N4O3. The molecule has 212 valence electrons. The van der Waals surface area contributed by atoms with E-state index in [1.807, 2.05) is 70.4 Å². The largest absolute Gasteiger partial charge is 0.507 e. The first-order valence-electron chi connectivity index (χ1n) is 13.5. The normalized spacial score (nSPS) is 14.7. The number of hydrogen-bond donors (Lipinski definition) is 2. The van der Waals surface area contributed by atoms with Crippen LogP contribution < -0.4 is 10.2 Å². The lowest BCUT2D eigenvalue weighted by molar-refractivity contribution is 0.0941. The molecule has 0 aliphatic carbocycles. The van der Waals surface area contributed by atoms with E-state index in [-0.39, 0.29) is 35.3 Å². The minimum absolute atomic E-state index is 0.0362. The predicted octanol–water partition coefficient (Wildman–Crippen LogP) is 7.65. The maximum Gasteiger partial charge on any atom is 0.279 e. The maximum atomic E-state index is 14.3.